The predicted octanol–water partition coefficient (Wildman–Crippen LogP) is 2.57. The number of carbonyl (C=O) groups is 2. The van der Waals surface area contributed by atoms with Gasteiger partial charge in [0.2, 0.25) is 5.91 Å². The summed E-state index contributed by atoms with van der Waals surface area (Å²) in [4.78, 5) is 23.5. The summed E-state index contributed by atoms with van der Waals surface area (Å²) in [5.74, 6) is 0.180. The van der Waals surface area contributed by atoms with Crippen LogP contribution in [0.4, 0.5) is 11.4 Å². The Morgan fingerprint density at radius 1 is 1.15 bits per heavy atom. The molecule has 0 fully saturated rings. The summed E-state index contributed by atoms with van der Waals surface area (Å²) < 4.78 is 5.26. The molecule has 6 nitrogen and oxygen atoms in total. The Morgan fingerprint density at radius 2 is 1.85 bits per heavy atom. The summed E-state index contributed by atoms with van der Waals surface area (Å²) in [7, 11) is 1.53. The second-order valence-electron chi connectivity index (χ2n) is 5.92. The molecule has 2 amide bonds. The maximum absolute atomic E-state index is 12.3. The average Bonchev–Trinajstić information content (AvgIpc) is 2.60. The lowest BCUT2D eigenvalue weighted by molar-refractivity contribution is -0.682. The molecule has 0 radical (unpaired) electrons. The molecule has 0 aromatic heterocycles. The van der Waals surface area contributed by atoms with Crippen molar-refractivity contribution < 1.29 is 19.6 Å². The molecule has 0 saturated carbocycles. The third-order valence-electron chi connectivity index (χ3n) is 3.85. The topological polar surface area (TPSA) is 84.0 Å². The van der Waals surface area contributed by atoms with E-state index in [-0.39, 0.29) is 24.4 Å². The zero-order chi connectivity index (χ0) is 19.1. The molecule has 138 valence electrons. The van der Waals surface area contributed by atoms with Gasteiger partial charge in [0.1, 0.15) is 11.8 Å². The summed E-state index contributed by atoms with van der Waals surface area (Å²) in [6.45, 7) is 3.70. The number of hydrogen-bond donors (Lipinski definition) is 3. The molecule has 2 aromatic rings. The summed E-state index contributed by atoms with van der Waals surface area (Å²) in [6.07, 6.45) is 0. The Balaban J connectivity index is 1.98. The monoisotopic (exact) mass is 376 g/mol. The molecule has 0 saturated heterocycles. The van der Waals surface area contributed by atoms with Crippen LogP contribution in [0.25, 0.3) is 0 Å². The molecule has 0 aliphatic heterocycles. The smallest absolute Gasteiger partial charge is 0.279 e. The van der Waals surface area contributed by atoms with Gasteiger partial charge >= 0.3 is 0 Å². The lowest BCUT2D eigenvalue weighted by atomic mass is 10.1. The van der Waals surface area contributed by atoms with Gasteiger partial charge in [-0.3, -0.25) is 9.59 Å². The van der Waals surface area contributed by atoms with E-state index in [0.29, 0.717) is 22.1 Å². The number of halogens is 1. The molecule has 0 aliphatic rings. The number of anilines is 2. The molecule has 1 atom stereocenters. The van der Waals surface area contributed by atoms with Gasteiger partial charge in [-0.15, -0.1) is 0 Å². The van der Waals surface area contributed by atoms with Gasteiger partial charge in [-0.2, -0.15) is 0 Å². The zero-order valence-electron chi connectivity index (χ0n) is 15.0. The Morgan fingerprint density at radius 3 is 2.46 bits per heavy atom. The molecule has 2 aromatic carbocycles. The molecule has 26 heavy (non-hydrogen) atoms. The SMILES string of the molecule is COc1ccc(NC(C)=O)cc1NC(=O)C[NH2+][C@H](C)c1ccc(Cl)cc1. The maximum Gasteiger partial charge on any atom is 0.279 e. The van der Waals surface area contributed by atoms with Crippen molar-refractivity contribution in [3.63, 3.8) is 0 Å². The number of quaternary nitrogens is 1. The van der Waals surface area contributed by atoms with E-state index in [4.69, 9.17) is 16.3 Å². The third-order valence-corrected chi connectivity index (χ3v) is 4.10. The van der Waals surface area contributed by atoms with Crippen LogP contribution in [-0.2, 0) is 9.59 Å². The van der Waals surface area contributed by atoms with Crippen LogP contribution < -0.4 is 20.7 Å². The number of carbonyl (C=O) groups excluding carboxylic acids is 2. The molecule has 2 rings (SSSR count). The molecule has 4 N–H and O–H groups in total. The fourth-order valence-corrected chi connectivity index (χ4v) is 2.60. The van der Waals surface area contributed by atoms with Crippen LogP contribution in [0, 0.1) is 0 Å². The van der Waals surface area contributed by atoms with Gasteiger partial charge in [0.25, 0.3) is 5.91 Å². The van der Waals surface area contributed by atoms with Crippen molar-refractivity contribution in [2.45, 2.75) is 19.9 Å². The first-order chi connectivity index (χ1) is 12.4. The molecule has 0 bridgehead atoms. The van der Waals surface area contributed by atoms with E-state index in [1.165, 1.54) is 14.0 Å². The van der Waals surface area contributed by atoms with Gasteiger partial charge in [0.15, 0.2) is 6.54 Å². The standard InChI is InChI=1S/C19H22ClN3O3/c1-12(14-4-6-15(20)7-5-14)21-11-19(25)23-17-10-16(22-13(2)24)8-9-18(17)26-3/h4-10,12,21H,11H2,1-3H3,(H,22,24)(H,23,25)/p+1/t12-/m1/s1. The number of methoxy groups -OCH3 is 1. The summed E-state index contributed by atoms with van der Waals surface area (Å²) in [5, 5.41) is 8.12. The molecular weight excluding hydrogens is 354 g/mol. The van der Waals surface area contributed by atoms with Crippen LogP contribution in [0.15, 0.2) is 42.5 Å². The van der Waals surface area contributed by atoms with Gasteiger partial charge in [0, 0.05) is 23.2 Å². The van der Waals surface area contributed by atoms with Crippen molar-refractivity contribution >= 4 is 34.8 Å². The van der Waals surface area contributed by atoms with Crippen molar-refractivity contribution in [2.24, 2.45) is 0 Å². The quantitative estimate of drug-likeness (QED) is 0.694. The van der Waals surface area contributed by atoms with Crippen LogP contribution in [0.3, 0.4) is 0 Å². The van der Waals surface area contributed by atoms with E-state index in [0.717, 1.165) is 5.56 Å². The van der Waals surface area contributed by atoms with Crippen molar-refractivity contribution in [3.05, 3.63) is 53.1 Å². The third kappa shape index (κ3) is 5.75. The Labute approximate surface area is 157 Å². The van der Waals surface area contributed by atoms with Crippen molar-refractivity contribution in [2.75, 3.05) is 24.3 Å². The molecule has 0 spiro atoms. The Bertz CT molecular complexity index is 778. The van der Waals surface area contributed by atoms with Crippen molar-refractivity contribution in [1.29, 1.82) is 0 Å². The molecule has 0 heterocycles. The minimum Gasteiger partial charge on any atom is -0.495 e. The second-order valence-corrected chi connectivity index (χ2v) is 6.36. The Kier molecular flexibility index (Phi) is 7.00. The normalized spacial score (nSPS) is 11.5. The Hall–Kier alpha value is -2.57. The summed E-state index contributed by atoms with van der Waals surface area (Å²) in [5.41, 5.74) is 2.19. The highest BCUT2D eigenvalue weighted by atomic mass is 35.5. The highest BCUT2D eigenvalue weighted by molar-refractivity contribution is 6.30. The van der Waals surface area contributed by atoms with E-state index in [2.05, 4.69) is 10.6 Å². The first kappa shape index (κ1) is 19.8. The van der Waals surface area contributed by atoms with Gasteiger partial charge < -0.3 is 20.7 Å². The first-order valence-corrected chi connectivity index (χ1v) is 8.61. The highest BCUT2D eigenvalue weighted by Gasteiger charge is 2.14. The number of rotatable bonds is 7. The average molecular weight is 377 g/mol. The van der Waals surface area contributed by atoms with Crippen LogP contribution in [0.1, 0.15) is 25.5 Å². The maximum atomic E-state index is 12.3. The minimum atomic E-state index is -0.183. The van der Waals surface area contributed by atoms with Gasteiger partial charge in [0.05, 0.1) is 12.8 Å². The molecule has 0 aliphatic carbocycles. The molecule has 0 unspecified atom stereocenters. The summed E-state index contributed by atoms with van der Waals surface area (Å²) >= 11 is 5.89. The summed E-state index contributed by atoms with van der Waals surface area (Å²) in [6, 6.07) is 12.7. The van der Waals surface area contributed by atoms with E-state index in [1.54, 1.807) is 18.2 Å². The van der Waals surface area contributed by atoms with E-state index >= 15 is 0 Å². The number of nitrogens with two attached hydrogens (primary N) is 1. The number of ether oxygens (including phenoxy) is 1. The number of amides is 2. The predicted molar refractivity (Wildman–Crippen MR) is 103 cm³/mol. The van der Waals surface area contributed by atoms with E-state index in [1.807, 2.05) is 36.5 Å². The van der Waals surface area contributed by atoms with Gasteiger partial charge in [-0.25, -0.2) is 0 Å². The van der Waals surface area contributed by atoms with Gasteiger partial charge in [-0.05, 0) is 37.3 Å². The largest absolute Gasteiger partial charge is 0.495 e. The number of hydrogen-bond acceptors (Lipinski definition) is 3. The van der Waals surface area contributed by atoms with Crippen LogP contribution in [0.5, 0.6) is 5.75 Å². The van der Waals surface area contributed by atoms with Crippen molar-refractivity contribution in [1.82, 2.24) is 0 Å². The minimum absolute atomic E-state index is 0.116. The molecule has 7 heteroatoms. The van der Waals surface area contributed by atoms with Crippen molar-refractivity contribution in [3.8, 4) is 5.75 Å². The van der Waals surface area contributed by atoms with Crippen LogP contribution >= 0.6 is 11.6 Å². The van der Waals surface area contributed by atoms with Gasteiger partial charge in [-0.1, -0.05) is 23.7 Å². The number of benzene rings is 2. The fraction of sp³-hybridized carbons (Fsp3) is 0.263. The van der Waals surface area contributed by atoms with E-state index < -0.39 is 0 Å². The lowest BCUT2D eigenvalue weighted by Gasteiger charge is -2.14. The zero-order valence-corrected chi connectivity index (χ0v) is 15.8. The molecular formula is C19H23ClN3O3+. The fourth-order valence-electron chi connectivity index (χ4n) is 2.47. The van der Waals surface area contributed by atoms with Crippen LogP contribution in [0.2, 0.25) is 5.02 Å². The van der Waals surface area contributed by atoms with Crippen LogP contribution in [-0.4, -0.2) is 25.5 Å². The second kappa shape index (κ2) is 9.22. The highest BCUT2D eigenvalue weighted by Crippen LogP contribution is 2.27. The van der Waals surface area contributed by atoms with E-state index in [9.17, 15) is 9.59 Å². The lowest BCUT2D eigenvalue weighted by Crippen LogP contribution is -2.86. The number of nitrogens with one attached hydrogen (secondary N) is 2. The first-order valence-electron chi connectivity index (χ1n) is 8.23.